The number of fused-ring (bicyclic) bond motifs is 3. The second kappa shape index (κ2) is 4.53. The summed E-state index contributed by atoms with van der Waals surface area (Å²) in [5.74, 6) is -1.01. The van der Waals surface area contributed by atoms with Crippen molar-refractivity contribution in [1.29, 1.82) is 0 Å². The molecule has 0 fully saturated rings. The van der Waals surface area contributed by atoms with E-state index < -0.39 is 32.9 Å². The topological polar surface area (TPSA) is 169 Å². The fourth-order valence-corrected chi connectivity index (χ4v) is 1.60. The number of nitro groups is 1. The Morgan fingerprint density at radius 1 is 1.11 bits per heavy atom. The Balaban J connectivity index is 0.00000133. The van der Waals surface area contributed by atoms with Gasteiger partial charge in [-0.15, -0.1) is 0 Å². The summed E-state index contributed by atoms with van der Waals surface area (Å²) >= 11 is 0. The molecule has 1 aromatic carbocycles. The quantitative estimate of drug-likeness (QED) is 0.202. The van der Waals surface area contributed by atoms with E-state index in [1.165, 1.54) is 0 Å². The van der Waals surface area contributed by atoms with E-state index in [0.717, 1.165) is 0 Å². The first-order valence-electron chi connectivity index (χ1n) is 4.30. The molecule has 2 heterocycles. The van der Waals surface area contributed by atoms with Crippen molar-refractivity contribution in [2.45, 2.75) is 0 Å². The first-order valence-corrected chi connectivity index (χ1v) is 4.30. The van der Waals surface area contributed by atoms with Gasteiger partial charge in [-0.3, -0.25) is 19.4 Å². The first kappa shape index (κ1) is 13.9. The molecular weight excluding hydrogens is 293 g/mol. The van der Waals surface area contributed by atoms with Crippen molar-refractivity contribution in [3.05, 3.63) is 20.5 Å². The minimum absolute atomic E-state index is 0. The number of hydrogen-bond acceptors (Lipinski definition) is 9. The Morgan fingerprint density at radius 3 is 2.21 bits per heavy atom. The van der Waals surface area contributed by atoms with Crippen LogP contribution in [0.15, 0.2) is 9.26 Å². The molecule has 1 N–H and O–H groups in total. The molecule has 2 aromatic heterocycles. The van der Waals surface area contributed by atoms with Gasteiger partial charge in [0, 0.05) is 0 Å². The smallest absolute Gasteiger partial charge is 0.499 e. The van der Waals surface area contributed by atoms with Gasteiger partial charge in [0.2, 0.25) is 0 Å². The normalized spacial score (nSPS) is 10.7. The molecule has 92 valence electrons. The van der Waals surface area contributed by atoms with Gasteiger partial charge in [-0.2, -0.15) is 0 Å². The summed E-state index contributed by atoms with van der Waals surface area (Å²) in [6, 6.07) is 0. The second-order valence-electron chi connectivity index (χ2n) is 3.21. The van der Waals surface area contributed by atoms with Crippen LogP contribution in [0.4, 0.5) is 5.69 Å². The first-order chi connectivity index (χ1) is 8.52. The fraction of sp³-hybridized carbons (Fsp3) is 0. The molecule has 3 rings (SSSR count). The summed E-state index contributed by atoms with van der Waals surface area (Å²) in [5, 5.41) is 49.3. The molecule has 19 heavy (non-hydrogen) atoms. The molecule has 0 saturated heterocycles. The van der Waals surface area contributed by atoms with Crippen molar-refractivity contribution in [3.8, 4) is 5.75 Å². The fourth-order valence-electron chi connectivity index (χ4n) is 1.60. The third-order valence-corrected chi connectivity index (χ3v) is 2.31. The molecule has 3 aromatic rings. The third-order valence-electron chi connectivity index (χ3n) is 2.31. The van der Waals surface area contributed by atoms with E-state index in [2.05, 4.69) is 19.6 Å². The van der Waals surface area contributed by atoms with Gasteiger partial charge in [-0.1, -0.05) is 0 Å². The zero-order valence-electron chi connectivity index (χ0n) is 9.13. The average molecular weight is 294 g/mol. The molecule has 0 saturated carbocycles. The molecule has 0 bridgehead atoms. The van der Waals surface area contributed by atoms with Crippen LogP contribution in [0.5, 0.6) is 5.75 Å². The van der Waals surface area contributed by atoms with E-state index in [4.69, 9.17) is 0 Å². The maximum atomic E-state index is 11.3. The molecule has 0 aliphatic heterocycles. The second-order valence-corrected chi connectivity index (χ2v) is 3.21. The summed E-state index contributed by atoms with van der Waals surface area (Å²) in [6.07, 6.45) is 0. The van der Waals surface area contributed by atoms with Gasteiger partial charge in [0.25, 0.3) is 16.8 Å². The number of aromatic nitrogens is 4. The Kier molecular flexibility index (Phi) is 3.31. The molecule has 0 unspecified atom stereocenters. The van der Waals surface area contributed by atoms with Crippen LogP contribution >= 0.6 is 0 Å². The van der Waals surface area contributed by atoms with Crippen LogP contribution in [0.25, 0.3) is 22.1 Å². The van der Waals surface area contributed by atoms with E-state index in [9.17, 15) is 25.6 Å². The maximum absolute atomic E-state index is 11.3. The third kappa shape index (κ3) is 1.74. The van der Waals surface area contributed by atoms with Crippen LogP contribution < -0.4 is 61.2 Å². The predicted octanol–water partition coefficient (Wildman–Crippen LogP) is -4.15. The molecule has 0 amide bonds. The van der Waals surface area contributed by atoms with Crippen molar-refractivity contribution in [3.63, 3.8) is 0 Å². The number of phenols is 1. The van der Waals surface area contributed by atoms with Crippen molar-refractivity contribution >= 4 is 27.8 Å². The van der Waals surface area contributed by atoms with E-state index in [0.29, 0.717) is 0 Å². The van der Waals surface area contributed by atoms with Gasteiger partial charge in [-0.25, -0.2) is 0 Å². The summed E-state index contributed by atoms with van der Waals surface area (Å²) in [4.78, 5) is 9.37. The summed E-state index contributed by atoms with van der Waals surface area (Å²) in [7, 11) is 0. The van der Waals surface area contributed by atoms with Crippen molar-refractivity contribution in [1.82, 2.24) is 10.3 Å². The van der Waals surface area contributed by atoms with E-state index in [-0.39, 0.29) is 66.7 Å². The number of nitrogens with zero attached hydrogens (tertiary/aromatic N) is 5. The van der Waals surface area contributed by atoms with Crippen molar-refractivity contribution in [2.24, 2.45) is 0 Å². The molecule has 0 spiro atoms. The van der Waals surface area contributed by atoms with Crippen molar-refractivity contribution in [2.75, 3.05) is 0 Å². The monoisotopic (exact) mass is 294 g/mol. The molecule has 0 atom stereocenters. The van der Waals surface area contributed by atoms with Crippen LogP contribution in [0.2, 0.25) is 0 Å². The number of rotatable bonds is 1. The van der Waals surface area contributed by atoms with Gasteiger partial charge in [0.15, 0.2) is 0 Å². The Hall–Kier alpha value is -1.54. The SMILES string of the molecule is O=[N+]([O-])c1c(O)c2c(no[n+]2[O-])c2c1no[n+]2[O-].[K+]. The number of nitro benzene ring substituents is 1. The number of hydrogen-bond donors (Lipinski definition) is 1. The average Bonchev–Trinajstić information content (AvgIpc) is 2.83. The van der Waals surface area contributed by atoms with E-state index in [1.54, 1.807) is 0 Å². The molecular formula is C6HKN5O7+. The molecule has 0 aliphatic carbocycles. The largest absolute Gasteiger partial charge is 1.00 e. The molecule has 12 nitrogen and oxygen atoms in total. The molecule has 0 radical (unpaired) electrons. The predicted molar refractivity (Wildman–Crippen MR) is 47.8 cm³/mol. The van der Waals surface area contributed by atoms with Gasteiger partial charge in [0.05, 0.1) is 15.2 Å². The standard InChI is InChI=1S/C6HN5O7.K/c12-6-4(9(13)14)1-3(10(15)17-7-1)2-5(6)11(16)18-8-2;/h12H;/q;+1. The summed E-state index contributed by atoms with van der Waals surface area (Å²) < 4.78 is 8.35. The van der Waals surface area contributed by atoms with Crippen LogP contribution in [-0.2, 0) is 0 Å². The number of benzene rings is 1. The van der Waals surface area contributed by atoms with Crippen LogP contribution in [0.3, 0.4) is 0 Å². The molecule has 13 heteroatoms. The Labute approximate surface area is 143 Å². The van der Waals surface area contributed by atoms with Gasteiger partial charge in [-0.05, 0) is 9.81 Å². The zero-order chi connectivity index (χ0) is 13.0. The Bertz CT molecular complexity index is 809. The van der Waals surface area contributed by atoms with E-state index >= 15 is 0 Å². The van der Waals surface area contributed by atoms with Crippen LogP contribution in [0, 0.1) is 20.5 Å². The minimum atomic E-state index is -1.01. The van der Waals surface area contributed by atoms with Crippen LogP contribution in [-0.4, -0.2) is 20.3 Å². The molecule has 0 aliphatic rings. The number of aromatic hydroxyl groups is 1. The zero-order valence-corrected chi connectivity index (χ0v) is 12.3. The summed E-state index contributed by atoms with van der Waals surface area (Å²) in [5.41, 5.74) is -2.99. The Morgan fingerprint density at radius 2 is 1.63 bits per heavy atom. The van der Waals surface area contributed by atoms with Crippen LogP contribution in [0.1, 0.15) is 0 Å². The minimum Gasteiger partial charge on any atom is -0.499 e. The maximum Gasteiger partial charge on any atom is 1.00 e. The van der Waals surface area contributed by atoms with E-state index in [1.807, 2.05) is 0 Å². The summed E-state index contributed by atoms with van der Waals surface area (Å²) in [6.45, 7) is 0. The van der Waals surface area contributed by atoms with Gasteiger partial charge < -0.3 is 15.5 Å². The van der Waals surface area contributed by atoms with Gasteiger partial charge >= 0.3 is 68.1 Å². The number of phenolic OH excluding ortho intramolecular Hbond substituents is 1. The van der Waals surface area contributed by atoms with Gasteiger partial charge in [0.1, 0.15) is 0 Å². The van der Waals surface area contributed by atoms with Crippen molar-refractivity contribution < 1.29 is 80.5 Å².